The molecular formula is C25H23ClN4O2S. The van der Waals surface area contributed by atoms with E-state index in [4.69, 9.17) is 11.6 Å². The predicted octanol–water partition coefficient (Wildman–Crippen LogP) is 5.32. The van der Waals surface area contributed by atoms with Gasteiger partial charge in [0, 0.05) is 25.2 Å². The molecule has 2 amide bonds. The zero-order valence-electron chi connectivity index (χ0n) is 17.9. The van der Waals surface area contributed by atoms with E-state index in [-0.39, 0.29) is 18.2 Å². The van der Waals surface area contributed by atoms with Crippen molar-refractivity contribution in [3.63, 3.8) is 0 Å². The fourth-order valence-corrected chi connectivity index (χ4v) is 5.03. The Morgan fingerprint density at radius 1 is 1.09 bits per heavy atom. The smallest absolute Gasteiger partial charge is 0.226 e. The number of hydrogen-bond acceptors (Lipinski definition) is 4. The fourth-order valence-electron chi connectivity index (χ4n) is 4.04. The van der Waals surface area contributed by atoms with Gasteiger partial charge in [-0.1, -0.05) is 29.8 Å². The van der Waals surface area contributed by atoms with Crippen molar-refractivity contribution < 1.29 is 9.59 Å². The highest BCUT2D eigenvalue weighted by Crippen LogP contribution is 2.30. The van der Waals surface area contributed by atoms with Gasteiger partial charge in [-0.15, -0.1) is 11.3 Å². The third-order valence-corrected chi connectivity index (χ3v) is 7.02. The summed E-state index contributed by atoms with van der Waals surface area (Å²) in [5, 5.41) is 2.98. The summed E-state index contributed by atoms with van der Waals surface area (Å²) >= 11 is 7.50. The number of imidazole rings is 1. The van der Waals surface area contributed by atoms with Crippen molar-refractivity contribution in [3.05, 3.63) is 70.1 Å². The first kappa shape index (κ1) is 21.7. The highest BCUT2D eigenvalue weighted by atomic mass is 35.5. The number of nitrogens with zero attached hydrogens (tertiary/aromatic N) is 2. The molecule has 168 valence electrons. The van der Waals surface area contributed by atoms with Crippen LogP contribution in [0.15, 0.2) is 54.6 Å². The van der Waals surface area contributed by atoms with Crippen LogP contribution >= 0.6 is 22.9 Å². The van der Waals surface area contributed by atoms with E-state index in [0.717, 1.165) is 62.3 Å². The summed E-state index contributed by atoms with van der Waals surface area (Å²) in [5.74, 6) is 0.908. The minimum atomic E-state index is -0.0505. The molecule has 0 unspecified atom stereocenters. The Morgan fingerprint density at radius 3 is 2.67 bits per heavy atom. The number of carbonyl (C=O) groups is 2. The lowest BCUT2D eigenvalue weighted by molar-refractivity contribution is -0.121. The van der Waals surface area contributed by atoms with E-state index in [2.05, 4.69) is 15.3 Å². The second-order valence-corrected chi connectivity index (χ2v) is 9.88. The maximum atomic E-state index is 12.5. The summed E-state index contributed by atoms with van der Waals surface area (Å²) in [5.41, 5.74) is 4.57. The van der Waals surface area contributed by atoms with Crippen LogP contribution in [0.4, 0.5) is 5.69 Å². The van der Waals surface area contributed by atoms with E-state index in [0.29, 0.717) is 13.0 Å². The molecule has 2 aromatic heterocycles. The van der Waals surface area contributed by atoms with E-state index in [1.807, 2.05) is 59.5 Å². The molecule has 2 N–H and O–H groups in total. The Labute approximate surface area is 200 Å². The van der Waals surface area contributed by atoms with Crippen molar-refractivity contribution >= 4 is 51.5 Å². The molecule has 0 saturated carbocycles. The van der Waals surface area contributed by atoms with Gasteiger partial charge in [-0.25, -0.2) is 4.98 Å². The zero-order chi connectivity index (χ0) is 22.8. The number of piperidine rings is 1. The third-order valence-electron chi connectivity index (χ3n) is 5.78. The lowest BCUT2D eigenvalue weighted by atomic mass is 10.1. The summed E-state index contributed by atoms with van der Waals surface area (Å²) in [7, 11) is 0. The molecule has 1 aliphatic rings. The minimum absolute atomic E-state index is 0.0505. The van der Waals surface area contributed by atoms with E-state index >= 15 is 0 Å². The van der Waals surface area contributed by atoms with Crippen LogP contribution < -0.4 is 10.2 Å². The predicted molar refractivity (Wildman–Crippen MR) is 133 cm³/mol. The maximum Gasteiger partial charge on any atom is 0.226 e. The summed E-state index contributed by atoms with van der Waals surface area (Å²) < 4.78 is 0.720. The number of benzene rings is 2. The van der Waals surface area contributed by atoms with Crippen molar-refractivity contribution in [2.24, 2.45) is 0 Å². The molecule has 0 spiro atoms. The quantitative estimate of drug-likeness (QED) is 0.393. The van der Waals surface area contributed by atoms with E-state index in [1.165, 1.54) is 11.3 Å². The number of nitrogens with one attached hydrogen (secondary N) is 2. The standard InChI is InChI=1S/C25H23ClN4O2S/c26-22-11-10-21(33-22)25-28-19-9-6-17(13-20(19)29-25)14-23(31)27-15-16-4-7-18(8-5-16)30-12-2-1-3-24(30)32/h4-11,13H,1-3,12,14-15H2,(H,27,31)(H,28,29). The molecule has 5 rings (SSSR count). The maximum absolute atomic E-state index is 12.5. The number of H-pyrrole nitrogens is 1. The van der Waals surface area contributed by atoms with Crippen LogP contribution in [0.25, 0.3) is 21.7 Å². The molecule has 6 nitrogen and oxygen atoms in total. The van der Waals surface area contributed by atoms with Gasteiger partial charge in [0.25, 0.3) is 0 Å². The number of hydrogen-bond donors (Lipinski definition) is 2. The van der Waals surface area contributed by atoms with Crippen LogP contribution in [-0.4, -0.2) is 28.3 Å². The van der Waals surface area contributed by atoms with Crippen LogP contribution in [0.3, 0.4) is 0 Å². The van der Waals surface area contributed by atoms with Crippen LogP contribution in [0.1, 0.15) is 30.4 Å². The molecule has 2 aromatic carbocycles. The Morgan fingerprint density at radius 2 is 1.91 bits per heavy atom. The van der Waals surface area contributed by atoms with Gasteiger partial charge >= 0.3 is 0 Å². The Kier molecular flexibility index (Phi) is 6.15. The molecule has 0 aliphatic carbocycles. The molecule has 4 aromatic rings. The normalized spacial score (nSPS) is 14.1. The first-order chi connectivity index (χ1) is 16.0. The number of rotatable bonds is 6. The van der Waals surface area contributed by atoms with Gasteiger partial charge in [0.1, 0.15) is 5.82 Å². The van der Waals surface area contributed by atoms with E-state index in [1.54, 1.807) is 0 Å². The molecule has 1 saturated heterocycles. The van der Waals surface area contributed by atoms with Gasteiger partial charge < -0.3 is 15.2 Å². The van der Waals surface area contributed by atoms with Crippen molar-refractivity contribution in [1.82, 2.24) is 15.3 Å². The van der Waals surface area contributed by atoms with Gasteiger partial charge in [0.05, 0.1) is 26.7 Å². The lowest BCUT2D eigenvalue weighted by Crippen LogP contribution is -2.35. The second kappa shape index (κ2) is 9.37. The molecule has 1 fully saturated rings. The highest BCUT2D eigenvalue weighted by Gasteiger charge is 2.19. The van der Waals surface area contributed by atoms with Crippen molar-refractivity contribution in [3.8, 4) is 10.7 Å². The fraction of sp³-hybridized carbons (Fsp3) is 0.240. The Bertz CT molecular complexity index is 1310. The van der Waals surface area contributed by atoms with Crippen molar-refractivity contribution in [1.29, 1.82) is 0 Å². The summed E-state index contributed by atoms with van der Waals surface area (Å²) in [4.78, 5) is 35.4. The van der Waals surface area contributed by atoms with E-state index < -0.39 is 0 Å². The Balaban J connectivity index is 1.19. The number of thiophene rings is 1. The number of halogens is 1. The van der Waals surface area contributed by atoms with Crippen LogP contribution in [0, 0.1) is 0 Å². The molecule has 3 heterocycles. The number of fused-ring (bicyclic) bond motifs is 1. The number of aromatic amines is 1. The van der Waals surface area contributed by atoms with Crippen LogP contribution in [0.2, 0.25) is 4.34 Å². The van der Waals surface area contributed by atoms with E-state index in [9.17, 15) is 9.59 Å². The number of carbonyl (C=O) groups excluding carboxylic acids is 2. The van der Waals surface area contributed by atoms with Gasteiger partial charge in [0.2, 0.25) is 11.8 Å². The number of amides is 2. The molecule has 0 bridgehead atoms. The summed E-state index contributed by atoms with van der Waals surface area (Å²) in [6.07, 6.45) is 2.91. The summed E-state index contributed by atoms with van der Waals surface area (Å²) in [6, 6.07) is 17.5. The topological polar surface area (TPSA) is 78.1 Å². The van der Waals surface area contributed by atoms with Crippen LogP contribution in [0.5, 0.6) is 0 Å². The van der Waals surface area contributed by atoms with Gasteiger partial charge in [0.15, 0.2) is 0 Å². The molecule has 33 heavy (non-hydrogen) atoms. The van der Waals surface area contributed by atoms with Crippen molar-refractivity contribution in [2.75, 3.05) is 11.4 Å². The lowest BCUT2D eigenvalue weighted by Gasteiger charge is -2.26. The second-order valence-electron chi connectivity index (χ2n) is 8.16. The molecule has 1 aliphatic heterocycles. The SMILES string of the molecule is O=C(Cc1ccc2[nH]c(-c3ccc(Cl)s3)nc2c1)NCc1ccc(N2CCCCC2=O)cc1. The zero-order valence-corrected chi connectivity index (χ0v) is 19.5. The van der Waals surface area contributed by atoms with Gasteiger partial charge in [-0.05, 0) is 60.4 Å². The molecule has 0 atom stereocenters. The minimum Gasteiger partial charge on any atom is -0.352 e. The summed E-state index contributed by atoms with van der Waals surface area (Å²) in [6.45, 7) is 1.22. The van der Waals surface area contributed by atoms with Crippen molar-refractivity contribution in [2.45, 2.75) is 32.2 Å². The number of anilines is 1. The first-order valence-corrected chi connectivity index (χ1v) is 12.1. The van der Waals surface area contributed by atoms with Crippen LogP contribution in [-0.2, 0) is 22.6 Å². The molecule has 8 heteroatoms. The number of aromatic nitrogens is 2. The average molecular weight is 479 g/mol. The first-order valence-electron chi connectivity index (χ1n) is 11.0. The van der Waals surface area contributed by atoms with Gasteiger partial charge in [-0.2, -0.15) is 0 Å². The Hall–Kier alpha value is -3.16. The largest absolute Gasteiger partial charge is 0.352 e. The highest BCUT2D eigenvalue weighted by molar-refractivity contribution is 7.19. The average Bonchev–Trinajstić information content (AvgIpc) is 3.44. The third kappa shape index (κ3) is 4.94. The monoisotopic (exact) mass is 478 g/mol. The molecule has 0 radical (unpaired) electrons. The molecular weight excluding hydrogens is 456 g/mol. The van der Waals surface area contributed by atoms with Gasteiger partial charge in [-0.3, -0.25) is 9.59 Å².